The van der Waals surface area contributed by atoms with Gasteiger partial charge in [-0.05, 0) is 11.4 Å². The Morgan fingerprint density at radius 2 is 2.36 bits per heavy atom. The molecule has 14 heavy (non-hydrogen) atoms. The summed E-state index contributed by atoms with van der Waals surface area (Å²) in [6, 6.07) is 1.78. The van der Waals surface area contributed by atoms with Crippen molar-refractivity contribution >= 4 is 28.6 Å². The lowest BCUT2D eigenvalue weighted by Gasteiger charge is -1.89. The molecule has 5 heteroatoms. The number of carbonyl (C=O) groups is 1. The van der Waals surface area contributed by atoms with E-state index in [-0.39, 0.29) is 5.91 Å². The second-order valence-electron chi connectivity index (χ2n) is 2.73. The van der Waals surface area contributed by atoms with E-state index in [1.54, 1.807) is 11.4 Å². The van der Waals surface area contributed by atoms with Crippen molar-refractivity contribution in [3.05, 3.63) is 38.8 Å². The van der Waals surface area contributed by atoms with Gasteiger partial charge >= 0.3 is 0 Å². The number of aryl methyl sites for hydroxylation is 1. The van der Waals surface area contributed by atoms with E-state index in [4.69, 9.17) is 0 Å². The number of thiazole rings is 1. The maximum Gasteiger partial charge on any atom is 0.280 e. The Kier molecular flexibility index (Phi) is 2.60. The molecule has 0 atom stereocenters. The first kappa shape index (κ1) is 9.36. The molecular weight excluding hydrogens is 216 g/mol. The van der Waals surface area contributed by atoms with E-state index in [9.17, 15) is 4.79 Å². The Labute approximate surface area is 89.0 Å². The topological polar surface area (TPSA) is 34.4 Å². The third kappa shape index (κ3) is 1.83. The quantitative estimate of drug-likeness (QED) is 0.728. The summed E-state index contributed by atoms with van der Waals surface area (Å²) in [5, 5.41) is 5.58. The van der Waals surface area contributed by atoms with Crippen LogP contribution in [-0.2, 0) is 7.05 Å². The lowest BCUT2D eigenvalue weighted by molar-refractivity contribution is 0.0998. The van der Waals surface area contributed by atoms with Crippen molar-refractivity contribution in [2.75, 3.05) is 0 Å². The van der Waals surface area contributed by atoms with E-state index < -0.39 is 0 Å². The summed E-state index contributed by atoms with van der Waals surface area (Å²) in [6.07, 6.45) is 1.88. The lowest BCUT2D eigenvalue weighted by Crippen LogP contribution is -2.12. The maximum absolute atomic E-state index is 11.6. The van der Waals surface area contributed by atoms with E-state index in [0.29, 0.717) is 5.56 Å². The number of thiophene rings is 1. The van der Waals surface area contributed by atoms with Gasteiger partial charge in [0.2, 0.25) is 0 Å². The predicted molar refractivity (Wildman–Crippen MR) is 57.5 cm³/mol. The largest absolute Gasteiger partial charge is 0.327 e. The molecule has 2 rings (SSSR count). The summed E-state index contributed by atoms with van der Waals surface area (Å²) < 4.78 is 1.83. The van der Waals surface area contributed by atoms with Crippen molar-refractivity contribution in [1.82, 2.24) is 4.57 Å². The third-order valence-electron chi connectivity index (χ3n) is 1.72. The first-order valence-corrected chi connectivity index (χ1v) is 5.81. The second kappa shape index (κ2) is 3.89. The zero-order valence-corrected chi connectivity index (χ0v) is 9.14. The average molecular weight is 224 g/mol. The number of aromatic nitrogens is 1. The van der Waals surface area contributed by atoms with Crippen LogP contribution in [0.25, 0.3) is 0 Å². The first-order valence-electron chi connectivity index (χ1n) is 3.99. The highest BCUT2D eigenvalue weighted by molar-refractivity contribution is 7.08. The van der Waals surface area contributed by atoms with Gasteiger partial charge in [0.25, 0.3) is 5.91 Å². The zero-order chi connectivity index (χ0) is 9.97. The Balaban J connectivity index is 2.37. The molecule has 72 valence electrons. The van der Waals surface area contributed by atoms with Gasteiger partial charge in [0.1, 0.15) is 0 Å². The van der Waals surface area contributed by atoms with Gasteiger partial charge in [-0.15, -0.1) is 11.3 Å². The molecule has 0 aliphatic heterocycles. The van der Waals surface area contributed by atoms with E-state index in [0.717, 1.165) is 4.80 Å². The smallest absolute Gasteiger partial charge is 0.280 e. The number of nitrogens with zero attached hydrogens (tertiary/aromatic N) is 2. The van der Waals surface area contributed by atoms with Crippen LogP contribution in [0.2, 0.25) is 0 Å². The summed E-state index contributed by atoms with van der Waals surface area (Å²) >= 11 is 2.95. The Morgan fingerprint density at radius 3 is 2.93 bits per heavy atom. The molecule has 3 nitrogen and oxygen atoms in total. The van der Waals surface area contributed by atoms with Crippen LogP contribution in [0.3, 0.4) is 0 Å². The van der Waals surface area contributed by atoms with Gasteiger partial charge in [-0.1, -0.05) is 0 Å². The normalized spacial score (nSPS) is 11.9. The van der Waals surface area contributed by atoms with Crippen molar-refractivity contribution < 1.29 is 4.79 Å². The van der Waals surface area contributed by atoms with Crippen molar-refractivity contribution in [3.63, 3.8) is 0 Å². The number of carbonyl (C=O) groups excluding carboxylic acids is 1. The molecule has 0 bridgehead atoms. The Morgan fingerprint density at radius 1 is 1.50 bits per heavy atom. The molecule has 0 radical (unpaired) electrons. The van der Waals surface area contributed by atoms with Crippen molar-refractivity contribution in [1.29, 1.82) is 0 Å². The second-order valence-corrected chi connectivity index (χ2v) is 4.38. The minimum absolute atomic E-state index is 0.177. The maximum atomic E-state index is 11.6. The van der Waals surface area contributed by atoms with E-state index >= 15 is 0 Å². The van der Waals surface area contributed by atoms with Crippen LogP contribution in [0.5, 0.6) is 0 Å². The van der Waals surface area contributed by atoms with Gasteiger partial charge in [0.15, 0.2) is 4.80 Å². The van der Waals surface area contributed by atoms with Crippen LogP contribution in [0.15, 0.2) is 33.4 Å². The summed E-state index contributed by atoms with van der Waals surface area (Å²) in [4.78, 5) is 16.3. The van der Waals surface area contributed by atoms with Crippen LogP contribution in [0.1, 0.15) is 10.4 Å². The molecule has 0 N–H and O–H groups in total. The minimum atomic E-state index is -0.177. The summed E-state index contributed by atoms with van der Waals surface area (Å²) in [5.41, 5.74) is 0.656. The molecule has 0 aliphatic carbocycles. The van der Waals surface area contributed by atoms with E-state index in [1.165, 1.54) is 22.7 Å². The van der Waals surface area contributed by atoms with Crippen LogP contribution < -0.4 is 4.80 Å². The highest BCUT2D eigenvalue weighted by atomic mass is 32.1. The van der Waals surface area contributed by atoms with Gasteiger partial charge in [-0.3, -0.25) is 4.79 Å². The average Bonchev–Trinajstić information content (AvgIpc) is 2.77. The van der Waals surface area contributed by atoms with Crippen molar-refractivity contribution in [2.24, 2.45) is 12.0 Å². The summed E-state index contributed by atoms with van der Waals surface area (Å²) in [7, 11) is 1.87. The van der Waals surface area contributed by atoms with Crippen molar-refractivity contribution in [2.45, 2.75) is 0 Å². The Bertz CT molecular complexity index is 493. The van der Waals surface area contributed by atoms with Crippen LogP contribution in [0.4, 0.5) is 0 Å². The molecule has 0 saturated carbocycles. The molecular formula is C9H8N2OS2. The van der Waals surface area contributed by atoms with Crippen LogP contribution in [-0.4, -0.2) is 10.5 Å². The molecule has 2 aromatic rings. The predicted octanol–water partition coefficient (Wildman–Crippen LogP) is 1.89. The molecule has 1 amide bonds. The van der Waals surface area contributed by atoms with Crippen molar-refractivity contribution in [3.8, 4) is 0 Å². The Hall–Kier alpha value is -1.20. The standard InChI is InChI=1S/C9H8N2OS2/c1-11-3-5-14-9(11)10-8(12)7-2-4-13-6-7/h2-6H,1H3. The van der Waals surface area contributed by atoms with Crippen LogP contribution in [0, 0.1) is 0 Å². The van der Waals surface area contributed by atoms with Gasteiger partial charge in [-0.25, -0.2) is 0 Å². The highest BCUT2D eigenvalue weighted by Gasteiger charge is 2.03. The SMILES string of the molecule is Cn1ccsc1=NC(=O)c1ccsc1. The fourth-order valence-electron chi connectivity index (χ4n) is 0.972. The lowest BCUT2D eigenvalue weighted by atomic mass is 10.3. The number of hydrogen-bond donors (Lipinski definition) is 0. The fourth-order valence-corrected chi connectivity index (χ4v) is 2.33. The molecule has 0 spiro atoms. The molecule has 0 saturated heterocycles. The van der Waals surface area contributed by atoms with Crippen LogP contribution >= 0.6 is 22.7 Å². The molecule has 2 aromatic heterocycles. The molecule has 0 fully saturated rings. The molecule has 0 aliphatic rings. The molecule has 0 unspecified atom stereocenters. The molecule has 0 aromatic carbocycles. The highest BCUT2D eigenvalue weighted by Crippen LogP contribution is 2.06. The molecule has 2 heterocycles. The number of amides is 1. The number of hydrogen-bond acceptors (Lipinski definition) is 3. The third-order valence-corrected chi connectivity index (χ3v) is 3.26. The van der Waals surface area contributed by atoms with Gasteiger partial charge in [0.05, 0.1) is 5.56 Å². The van der Waals surface area contributed by atoms with Gasteiger partial charge in [0, 0.05) is 24.0 Å². The minimum Gasteiger partial charge on any atom is -0.327 e. The van der Waals surface area contributed by atoms with Gasteiger partial charge < -0.3 is 4.57 Å². The van der Waals surface area contributed by atoms with E-state index in [1.807, 2.05) is 28.6 Å². The first-order chi connectivity index (χ1) is 6.77. The summed E-state index contributed by atoms with van der Waals surface area (Å²) in [5.74, 6) is -0.177. The summed E-state index contributed by atoms with van der Waals surface area (Å²) in [6.45, 7) is 0. The number of rotatable bonds is 1. The van der Waals surface area contributed by atoms with E-state index in [2.05, 4.69) is 4.99 Å². The van der Waals surface area contributed by atoms with Gasteiger partial charge in [-0.2, -0.15) is 16.3 Å². The zero-order valence-electron chi connectivity index (χ0n) is 7.51. The monoisotopic (exact) mass is 224 g/mol. The fraction of sp³-hybridized carbons (Fsp3) is 0.111.